The second-order valence-electron chi connectivity index (χ2n) is 3.65. The second-order valence-corrected chi connectivity index (χ2v) is 3.65. The van der Waals surface area contributed by atoms with Gasteiger partial charge in [-0.1, -0.05) is 27.7 Å². The van der Waals surface area contributed by atoms with Crippen molar-refractivity contribution in [1.29, 1.82) is 0 Å². The van der Waals surface area contributed by atoms with Crippen molar-refractivity contribution < 1.29 is 4.74 Å². The summed E-state index contributed by atoms with van der Waals surface area (Å²) in [7, 11) is 0. The fourth-order valence-corrected chi connectivity index (χ4v) is 1.56. The Bertz CT molecular complexity index is 109. The molecule has 13 heavy (non-hydrogen) atoms. The molecule has 0 bridgehead atoms. The summed E-state index contributed by atoms with van der Waals surface area (Å²) in [5.74, 6) is 0. The summed E-state index contributed by atoms with van der Waals surface area (Å²) < 4.78 is 6.06. The SMILES string of the molecule is CCC(CC)OC(CC)(CC)CN. The monoisotopic (exact) mass is 187 g/mol. The Balaban J connectivity index is 4.21. The maximum atomic E-state index is 6.06. The first kappa shape index (κ1) is 12.9. The van der Waals surface area contributed by atoms with E-state index >= 15 is 0 Å². The average molecular weight is 187 g/mol. The third-order valence-corrected chi connectivity index (χ3v) is 2.99. The van der Waals surface area contributed by atoms with Gasteiger partial charge in [0.05, 0.1) is 11.7 Å². The Morgan fingerprint density at radius 3 is 1.77 bits per heavy atom. The highest BCUT2D eigenvalue weighted by molar-refractivity contribution is 4.80. The third kappa shape index (κ3) is 3.65. The van der Waals surface area contributed by atoms with E-state index in [9.17, 15) is 0 Å². The Labute approximate surface area is 82.8 Å². The van der Waals surface area contributed by atoms with Crippen molar-refractivity contribution >= 4 is 0 Å². The van der Waals surface area contributed by atoms with Gasteiger partial charge in [0.25, 0.3) is 0 Å². The molecule has 2 nitrogen and oxygen atoms in total. The van der Waals surface area contributed by atoms with Crippen molar-refractivity contribution in [2.24, 2.45) is 5.73 Å². The third-order valence-electron chi connectivity index (χ3n) is 2.99. The summed E-state index contributed by atoms with van der Waals surface area (Å²) in [5.41, 5.74) is 5.69. The molecule has 0 aromatic rings. The van der Waals surface area contributed by atoms with Crippen LogP contribution in [0.2, 0.25) is 0 Å². The van der Waals surface area contributed by atoms with E-state index in [0.29, 0.717) is 12.6 Å². The minimum atomic E-state index is -0.0727. The summed E-state index contributed by atoms with van der Waals surface area (Å²) in [5, 5.41) is 0. The van der Waals surface area contributed by atoms with Crippen LogP contribution in [0.5, 0.6) is 0 Å². The van der Waals surface area contributed by atoms with Gasteiger partial charge in [0.1, 0.15) is 0 Å². The number of hydrogen-bond acceptors (Lipinski definition) is 2. The molecule has 0 aliphatic carbocycles. The van der Waals surface area contributed by atoms with Gasteiger partial charge in [0.15, 0.2) is 0 Å². The van der Waals surface area contributed by atoms with Gasteiger partial charge < -0.3 is 10.5 Å². The quantitative estimate of drug-likeness (QED) is 0.665. The molecule has 0 aromatic heterocycles. The fourth-order valence-electron chi connectivity index (χ4n) is 1.56. The molecule has 0 heterocycles. The molecule has 0 aromatic carbocycles. The largest absolute Gasteiger partial charge is 0.370 e. The molecule has 0 aliphatic rings. The van der Waals surface area contributed by atoms with Gasteiger partial charge in [-0.2, -0.15) is 0 Å². The molecule has 0 radical (unpaired) electrons. The topological polar surface area (TPSA) is 35.2 Å². The zero-order chi connectivity index (χ0) is 10.3. The van der Waals surface area contributed by atoms with Gasteiger partial charge in [0.2, 0.25) is 0 Å². The summed E-state index contributed by atoms with van der Waals surface area (Å²) >= 11 is 0. The standard InChI is InChI=1S/C11H25NO/c1-5-10(6-2)13-11(7-3,8-4)9-12/h10H,5-9,12H2,1-4H3. The van der Waals surface area contributed by atoms with Gasteiger partial charge in [-0.3, -0.25) is 0 Å². The number of nitrogens with two attached hydrogens (primary N) is 1. The van der Waals surface area contributed by atoms with E-state index in [1.54, 1.807) is 0 Å². The van der Waals surface area contributed by atoms with Gasteiger partial charge >= 0.3 is 0 Å². The van der Waals surface area contributed by atoms with Crippen molar-refractivity contribution in [2.75, 3.05) is 6.54 Å². The van der Waals surface area contributed by atoms with Crippen LogP contribution in [0.1, 0.15) is 53.4 Å². The van der Waals surface area contributed by atoms with Crippen molar-refractivity contribution in [1.82, 2.24) is 0 Å². The zero-order valence-corrected chi connectivity index (χ0v) is 9.60. The van der Waals surface area contributed by atoms with Crippen molar-refractivity contribution in [2.45, 2.75) is 65.1 Å². The summed E-state index contributed by atoms with van der Waals surface area (Å²) in [6.07, 6.45) is 4.56. The Hall–Kier alpha value is -0.0800. The van der Waals surface area contributed by atoms with E-state index in [4.69, 9.17) is 10.5 Å². The van der Waals surface area contributed by atoms with Crippen LogP contribution in [0.15, 0.2) is 0 Å². The van der Waals surface area contributed by atoms with Crippen LogP contribution in [-0.4, -0.2) is 18.2 Å². The first-order valence-corrected chi connectivity index (χ1v) is 5.55. The Morgan fingerprint density at radius 1 is 1.08 bits per heavy atom. The normalized spacial score (nSPS) is 12.5. The molecule has 80 valence electrons. The van der Waals surface area contributed by atoms with Gasteiger partial charge in [0, 0.05) is 6.54 Å². The molecule has 0 fully saturated rings. The van der Waals surface area contributed by atoms with Crippen molar-refractivity contribution in [3.8, 4) is 0 Å². The molecule has 0 saturated carbocycles. The average Bonchev–Trinajstić information content (AvgIpc) is 2.21. The van der Waals surface area contributed by atoms with E-state index in [1.165, 1.54) is 0 Å². The van der Waals surface area contributed by atoms with Crippen LogP contribution in [-0.2, 0) is 4.74 Å². The lowest BCUT2D eigenvalue weighted by Crippen LogP contribution is -2.42. The number of hydrogen-bond donors (Lipinski definition) is 1. The lowest BCUT2D eigenvalue weighted by atomic mass is 9.96. The van der Waals surface area contributed by atoms with Crippen LogP contribution < -0.4 is 5.73 Å². The maximum Gasteiger partial charge on any atom is 0.0802 e. The van der Waals surface area contributed by atoms with Gasteiger partial charge in [-0.25, -0.2) is 0 Å². The van der Waals surface area contributed by atoms with Gasteiger partial charge in [-0.15, -0.1) is 0 Å². The van der Waals surface area contributed by atoms with Crippen molar-refractivity contribution in [3.05, 3.63) is 0 Å². The highest BCUT2D eigenvalue weighted by Gasteiger charge is 2.27. The summed E-state index contributed by atoms with van der Waals surface area (Å²) in [6.45, 7) is 9.27. The highest BCUT2D eigenvalue weighted by Crippen LogP contribution is 2.23. The fraction of sp³-hybridized carbons (Fsp3) is 1.00. The molecular weight excluding hydrogens is 162 g/mol. The van der Waals surface area contributed by atoms with E-state index in [0.717, 1.165) is 25.7 Å². The Kier molecular flexibility index (Phi) is 6.35. The molecule has 0 amide bonds. The van der Waals surface area contributed by atoms with E-state index in [-0.39, 0.29) is 5.60 Å². The van der Waals surface area contributed by atoms with E-state index in [1.807, 2.05) is 0 Å². The first-order chi connectivity index (χ1) is 6.17. The summed E-state index contributed by atoms with van der Waals surface area (Å²) in [4.78, 5) is 0. The molecule has 0 spiro atoms. The summed E-state index contributed by atoms with van der Waals surface area (Å²) in [6, 6.07) is 0. The minimum absolute atomic E-state index is 0.0727. The van der Waals surface area contributed by atoms with Crippen LogP contribution in [0, 0.1) is 0 Å². The van der Waals surface area contributed by atoms with Crippen LogP contribution in [0.3, 0.4) is 0 Å². The highest BCUT2D eigenvalue weighted by atomic mass is 16.5. The lowest BCUT2D eigenvalue weighted by Gasteiger charge is -2.34. The predicted molar refractivity (Wildman–Crippen MR) is 57.8 cm³/mol. The lowest BCUT2D eigenvalue weighted by molar-refractivity contribution is -0.0950. The van der Waals surface area contributed by atoms with E-state index < -0.39 is 0 Å². The predicted octanol–water partition coefficient (Wildman–Crippen LogP) is 2.71. The molecule has 0 rings (SSSR count). The first-order valence-electron chi connectivity index (χ1n) is 5.55. The maximum absolute atomic E-state index is 6.06. The van der Waals surface area contributed by atoms with Crippen molar-refractivity contribution in [3.63, 3.8) is 0 Å². The molecular formula is C11H25NO. The second kappa shape index (κ2) is 6.39. The Morgan fingerprint density at radius 2 is 1.54 bits per heavy atom. The number of rotatable bonds is 7. The smallest absolute Gasteiger partial charge is 0.0802 e. The zero-order valence-electron chi connectivity index (χ0n) is 9.60. The van der Waals surface area contributed by atoms with Crippen LogP contribution >= 0.6 is 0 Å². The van der Waals surface area contributed by atoms with E-state index in [2.05, 4.69) is 27.7 Å². The molecule has 0 saturated heterocycles. The van der Waals surface area contributed by atoms with Crippen LogP contribution in [0.4, 0.5) is 0 Å². The molecule has 0 aliphatic heterocycles. The number of ether oxygens (including phenoxy) is 1. The molecule has 0 atom stereocenters. The van der Waals surface area contributed by atoms with Gasteiger partial charge in [-0.05, 0) is 25.7 Å². The molecule has 0 unspecified atom stereocenters. The molecule has 2 N–H and O–H groups in total. The minimum Gasteiger partial charge on any atom is -0.370 e. The van der Waals surface area contributed by atoms with Crippen LogP contribution in [0.25, 0.3) is 0 Å². The molecule has 2 heteroatoms.